The van der Waals surface area contributed by atoms with Crippen molar-refractivity contribution in [3.8, 4) is 0 Å². The Morgan fingerprint density at radius 1 is 1.23 bits per heavy atom. The van der Waals surface area contributed by atoms with E-state index in [1.165, 1.54) is 0 Å². The fraction of sp³-hybridized carbons (Fsp3) is 0.636. The maximum Gasteiger partial charge on any atom is 0.242 e. The number of ether oxygens (including phenoxy) is 2. The number of aliphatic imine (C=N–C) groups is 1. The summed E-state index contributed by atoms with van der Waals surface area (Å²) in [7, 11) is 3.48. The molecule has 0 atom stereocenters. The van der Waals surface area contributed by atoms with Gasteiger partial charge in [0, 0.05) is 53.6 Å². The number of benzene rings is 1. The van der Waals surface area contributed by atoms with Crippen LogP contribution >= 0.6 is 24.0 Å². The number of halogens is 1. The monoisotopic (exact) mass is 532 g/mol. The summed E-state index contributed by atoms with van der Waals surface area (Å²) < 4.78 is 11.0. The lowest BCUT2D eigenvalue weighted by molar-refractivity contribution is -0.130. The van der Waals surface area contributed by atoms with Crippen LogP contribution < -0.4 is 5.32 Å². The highest BCUT2D eigenvalue weighted by molar-refractivity contribution is 14.0. The van der Waals surface area contributed by atoms with Crippen LogP contribution in [0.2, 0.25) is 0 Å². The third-order valence-electron chi connectivity index (χ3n) is 5.15. The van der Waals surface area contributed by atoms with E-state index in [4.69, 9.17) is 9.47 Å². The molecule has 1 amide bonds. The first kappa shape index (κ1) is 26.6. The van der Waals surface area contributed by atoms with Gasteiger partial charge in [-0.3, -0.25) is 9.79 Å². The Labute approximate surface area is 198 Å². The lowest BCUT2D eigenvalue weighted by Crippen LogP contribution is -2.49. The van der Waals surface area contributed by atoms with E-state index in [9.17, 15) is 4.79 Å². The smallest absolute Gasteiger partial charge is 0.242 e. The number of carbonyl (C=O) groups excluding carboxylic acids is 1. The highest BCUT2D eigenvalue weighted by Gasteiger charge is 2.22. The molecule has 0 radical (unpaired) electrons. The van der Waals surface area contributed by atoms with Gasteiger partial charge in [0.25, 0.3) is 0 Å². The molecule has 0 unspecified atom stereocenters. The quantitative estimate of drug-likeness (QED) is 0.217. The van der Waals surface area contributed by atoms with Gasteiger partial charge in [-0.2, -0.15) is 0 Å². The number of likely N-dealkylation sites (tertiary alicyclic amines) is 1. The molecule has 1 heterocycles. The molecule has 7 nitrogen and oxygen atoms in total. The number of carbonyl (C=O) groups is 1. The second kappa shape index (κ2) is 15.4. The van der Waals surface area contributed by atoms with Crippen molar-refractivity contribution in [3.63, 3.8) is 0 Å². The highest BCUT2D eigenvalue weighted by Crippen LogP contribution is 2.14. The molecule has 1 aromatic carbocycles. The molecular formula is C22H37IN4O3. The molecule has 1 saturated heterocycles. The van der Waals surface area contributed by atoms with Crippen molar-refractivity contribution in [2.45, 2.75) is 38.8 Å². The van der Waals surface area contributed by atoms with Crippen molar-refractivity contribution in [3.05, 3.63) is 35.9 Å². The lowest BCUT2D eigenvalue weighted by Gasteiger charge is -2.34. The van der Waals surface area contributed by atoms with E-state index >= 15 is 0 Å². The lowest BCUT2D eigenvalue weighted by atomic mass is 10.1. The van der Waals surface area contributed by atoms with Gasteiger partial charge in [-0.25, -0.2) is 0 Å². The molecule has 0 bridgehead atoms. The minimum Gasteiger partial charge on any atom is -0.385 e. The predicted octanol–water partition coefficient (Wildman–Crippen LogP) is 2.75. The summed E-state index contributed by atoms with van der Waals surface area (Å²) in [4.78, 5) is 21.1. The van der Waals surface area contributed by atoms with E-state index in [2.05, 4.69) is 15.2 Å². The van der Waals surface area contributed by atoms with Crippen LogP contribution in [0.1, 0.15) is 31.7 Å². The Morgan fingerprint density at radius 2 is 1.93 bits per heavy atom. The zero-order valence-corrected chi connectivity index (χ0v) is 20.8. The average molecular weight is 532 g/mol. The largest absolute Gasteiger partial charge is 0.385 e. The van der Waals surface area contributed by atoms with E-state index in [1.54, 1.807) is 14.2 Å². The SMILES string of the molecule is CCN(Cc1ccccc1)C(=O)CNC(=NC)N1CCC(OCCCOC)CC1.I. The molecular weight excluding hydrogens is 495 g/mol. The normalized spacial score (nSPS) is 14.9. The molecule has 1 aliphatic rings. The number of nitrogens with one attached hydrogen (secondary N) is 1. The molecule has 0 saturated carbocycles. The number of piperidine rings is 1. The van der Waals surface area contributed by atoms with Crippen LogP contribution in [-0.2, 0) is 20.8 Å². The molecule has 1 aromatic rings. The molecule has 0 aromatic heterocycles. The molecule has 1 fully saturated rings. The second-order valence-electron chi connectivity index (χ2n) is 7.20. The van der Waals surface area contributed by atoms with E-state index in [0.717, 1.165) is 57.1 Å². The standard InChI is InChI=1S/C22H36N4O3.HI/c1-4-25(18-19-9-6-5-7-10-19)21(27)17-24-22(23-2)26-13-11-20(12-14-26)29-16-8-15-28-3;/h5-7,9-10,20H,4,8,11-18H2,1-3H3,(H,23,24);1H. The van der Waals surface area contributed by atoms with Crippen molar-refractivity contribution in [1.82, 2.24) is 15.1 Å². The van der Waals surface area contributed by atoms with Gasteiger partial charge in [0.1, 0.15) is 0 Å². The molecule has 1 N–H and O–H groups in total. The Balaban J connectivity index is 0.00000450. The number of methoxy groups -OCH3 is 1. The molecule has 170 valence electrons. The number of nitrogens with zero attached hydrogens (tertiary/aromatic N) is 3. The van der Waals surface area contributed by atoms with Gasteiger partial charge in [-0.15, -0.1) is 24.0 Å². The first-order valence-corrected chi connectivity index (χ1v) is 10.6. The zero-order valence-electron chi connectivity index (χ0n) is 18.5. The van der Waals surface area contributed by atoms with Crippen molar-refractivity contribution < 1.29 is 14.3 Å². The third kappa shape index (κ3) is 9.18. The van der Waals surface area contributed by atoms with Gasteiger partial charge < -0.3 is 24.6 Å². The second-order valence-corrected chi connectivity index (χ2v) is 7.20. The summed E-state index contributed by atoms with van der Waals surface area (Å²) in [5, 5.41) is 3.24. The molecule has 0 aliphatic carbocycles. The summed E-state index contributed by atoms with van der Waals surface area (Å²) in [5.74, 6) is 0.862. The summed E-state index contributed by atoms with van der Waals surface area (Å²) in [6, 6.07) is 10.1. The van der Waals surface area contributed by atoms with Crippen LogP contribution in [0.3, 0.4) is 0 Å². The molecule has 1 aliphatic heterocycles. The Kier molecular flexibility index (Phi) is 13.7. The first-order valence-electron chi connectivity index (χ1n) is 10.6. The van der Waals surface area contributed by atoms with Crippen molar-refractivity contribution in [1.29, 1.82) is 0 Å². The van der Waals surface area contributed by atoms with Gasteiger partial charge >= 0.3 is 0 Å². The van der Waals surface area contributed by atoms with Gasteiger partial charge in [0.2, 0.25) is 5.91 Å². The van der Waals surface area contributed by atoms with Crippen LogP contribution in [0.15, 0.2) is 35.3 Å². The van der Waals surface area contributed by atoms with E-state index in [0.29, 0.717) is 19.2 Å². The number of hydrogen-bond acceptors (Lipinski definition) is 4. The van der Waals surface area contributed by atoms with Crippen LogP contribution in [0, 0.1) is 0 Å². The van der Waals surface area contributed by atoms with Crippen molar-refractivity contribution in [2.75, 3.05) is 53.6 Å². The number of rotatable bonds is 10. The number of hydrogen-bond donors (Lipinski definition) is 1. The summed E-state index contributed by atoms with van der Waals surface area (Å²) in [6.45, 7) is 6.81. The van der Waals surface area contributed by atoms with Crippen LogP contribution in [-0.4, -0.2) is 81.3 Å². The average Bonchev–Trinajstić information content (AvgIpc) is 2.77. The first-order chi connectivity index (χ1) is 14.2. The highest BCUT2D eigenvalue weighted by atomic mass is 127. The number of likely N-dealkylation sites (N-methyl/N-ethyl adjacent to an activating group) is 1. The van der Waals surface area contributed by atoms with Crippen LogP contribution in [0.4, 0.5) is 0 Å². The molecule has 0 spiro atoms. The summed E-state index contributed by atoms with van der Waals surface area (Å²) >= 11 is 0. The Hall–Kier alpha value is -1.39. The maximum absolute atomic E-state index is 12.7. The Morgan fingerprint density at radius 3 is 2.53 bits per heavy atom. The van der Waals surface area contributed by atoms with Gasteiger partial charge in [0.15, 0.2) is 5.96 Å². The minimum atomic E-state index is 0. The van der Waals surface area contributed by atoms with Crippen LogP contribution in [0.25, 0.3) is 0 Å². The fourth-order valence-corrected chi connectivity index (χ4v) is 3.47. The van der Waals surface area contributed by atoms with Crippen LogP contribution in [0.5, 0.6) is 0 Å². The van der Waals surface area contributed by atoms with E-state index < -0.39 is 0 Å². The van der Waals surface area contributed by atoms with Crippen molar-refractivity contribution in [2.24, 2.45) is 4.99 Å². The zero-order chi connectivity index (χ0) is 20.9. The maximum atomic E-state index is 12.7. The third-order valence-corrected chi connectivity index (χ3v) is 5.15. The molecule has 30 heavy (non-hydrogen) atoms. The summed E-state index contributed by atoms with van der Waals surface area (Å²) in [5.41, 5.74) is 1.14. The molecule has 2 rings (SSSR count). The topological polar surface area (TPSA) is 66.4 Å². The number of amides is 1. The van der Waals surface area contributed by atoms with Gasteiger partial charge in [-0.1, -0.05) is 30.3 Å². The van der Waals surface area contributed by atoms with Gasteiger partial charge in [0.05, 0.1) is 12.6 Å². The number of guanidine groups is 1. The predicted molar refractivity (Wildman–Crippen MR) is 131 cm³/mol. The van der Waals surface area contributed by atoms with Crippen molar-refractivity contribution >= 4 is 35.8 Å². The van der Waals surface area contributed by atoms with E-state index in [1.807, 2.05) is 42.2 Å². The molecule has 8 heteroatoms. The minimum absolute atomic E-state index is 0. The van der Waals surface area contributed by atoms with Gasteiger partial charge in [-0.05, 0) is 31.7 Å². The summed E-state index contributed by atoms with van der Waals surface area (Å²) in [6.07, 6.45) is 3.16. The Bertz CT molecular complexity index is 622. The fourth-order valence-electron chi connectivity index (χ4n) is 3.47. The van der Waals surface area contributed by atoms with E-state index in [-0.39, 0.29) is 36.4 Å².